The van der Waals surface area contributed by atoms with Crippen LogP contribution in [0.25, 0.3) is 0 Å². The molecule has 4 nitrogen and oxygen atoms in total. The van der Waals surface area contributed by atoms with Crippen molar-refractivity contribution in [2.75, 3.05) is 26.2 Å². The fraction of sp³-hybridized carbons (Fsp3) is 0.520. The number of aryl methyl sites for hydroxylation is 2. The lowest BCUT2D eigenvalue weighted by Crippen LogP contribution is -2.42. The Kier molecular flexibility index (Phi) is 6.53. The number of piperidine rings is 1. The van der Waals surface area contributed by atoms with Crippen molar-refractivity contribution in [2.24, 2.45) is 11.7 Å². The largest absolute Gasteiger partial charge is 0.507 e. The smallest absolute Gasteiger partial charge is 0.122 e. The van der Waals surface area contributed by atoms with E-state index in [0.29, 0.717) is 18.2 Å². The van der Waals surface area contributed by atoms with Crippen molar-refractivity contribution < 1.29 is 9.84 Å². The molecule has 2 aliphatic rings. The van der Waals surface area contributed by atoms with Crippen LogP contribution in [0.4, 0.5) is 0 Å². The molecule has 0 aromatic heterocycles. The molecular formula is C25H34N2O2. The molecule has 1 fully saturated rings. The van der Waals surface area contributed by atoms with Gasteiger partial charge in [-0.1, -0.05) is 42.5 Å². The van der Waals surface area contributed by atoms with Crippen molar-refractivity contribution in [1.82, 2.24) is 4.90 Å². The van der Waals surface area contributed by atoms with E-state index >= 15 is 0 Å². The third-order valence-corrected chi connectivity index (χ3v) is 6.77. The van der Waals surface area contributed by atoms with Gasteiger partial charge in [-0.25, -0.2) is 0 Å². The van der Waals surface area contributed by atoms with E-state index in [1.807, 2.05) is 13.0 Å². The standard InChI is InChI=1S/C25H34N2O2/c1-18-9-10-21-22(25(18)28)16-23(29-24(21)17-26)20-11-14-27(15-12-20)13-5-8-19-6-3-2-4-7-19/h2-4,6-7,9-10,20,23-24,28H,5,8,11-17,26H2,1H3. The normalized spacial score (nSPS) is 23.1. The van der Waals surface area contributed by atoms with Crippen molar-refractivity contribution in [3.8, 4) is 5.75 Å². The highest BCUT2D eigenvalue weighted by atomic mass is 16.5. The van der Waals surface area contributed by atoms with Gasteiger partial charge < -0.3 is 20.5 Å². The Labute approximate surface area is 174 Å². The first kappa shape index (κ1) is 20.4. The van der Waals surface area contributed by atoms with Crippen molar-refractivity contribution in [3.05, 3.63) is 64.7 Å². The van der Waals surface area contributed by atoms with Crippen LogP contribution >= 0.6 is 0 Å². The van der Waals surface area contributed by atoms with E-state index in [1.165, 1.54) is 18.5 Å². The van der Waals surface area contributed by atoms with E-state index < -0.39 is 0 Å². The van der Waals surface area contributed by atoms with Gasteiger partial charge in [0.15, 0.2) is 0 Å². The van der Waals surface area contributed by atoms with E-state index in [0.717, 1.165) is 55.5 Å². The van der Waals surface area contributed by atoms with E-state index in [9.17, 15) is 5.11 Å². The maximum absolute atomic E-state index is 10.6. The highest BCUT2D eigenvalue weighted by Gasteiger charge is 2.35. The first-order chi connectivity index (χ1) is 14.2. The minimum Gasteiger partial charge on any atom is -0.507 e. The molecule has 0 aliphatic carbocycles. The van der Waals surface area contributed by atoms with Gasteiger partial charge in [-0.05, 0) is 74.8 Å². The van der Waals surface area contributed by atoms with Crippen LogP contribution in [-0.4, -0.2) is 42.3 Å². The summed E-state index contributed by atoms with van der Waals surface area (Å²) in [6, 6.07) is 14.8. The van der Waals surface area contributed by atoms with Crippen molar-refractivity contribution in [3.63, 3.8) is 0 Å². The van der Waals surface area contributed by atoms with E-state index in [2.05, 4.69) is 41.3 Å². The van der Waals surface area contributed by atoms with Crippen LogP contribution in [0.15, 0.2) is 42.5 Å². The number of phenols is 1. The SMILES string of the molecule is Cc1ccc2c(c1O)CC(C1CCN(CCCc3ccccc3)CC1)OC2CN. The number of fused-ring (bicyclic) bond motifs is 1. The predicted molar refractivity (Wildman–Crippen MR) is 117 cm³/mol. The van der Waals surface area contributed by atoms with Gasteiger partial charge in [-0.3, -0.25) is 0 Å². The van der Waals surface area contributed by atoms with Gasteiger partial charge in [0.05, 0.1) is 12.2 Å². The molecule has 2 unspecified atom stereocenters. The zero-order valence-corrected chi connectivity index (χ0v) is 17.5. The molecule has 0 radical (unpaired) electrons. The summed E-state index contributed by atoms with van der Waals surface area (Å²) in [7, 11) is 0. The molecular weight excluding hydrogens is 360 g/mol. The predicted octanol–water partition coefficient (Wildman–Crippen LogP) is 3.99. The Bertz CT molecular complexity index is 800. The average molecular weight is 395 g/mol. The second kappa shape index (κ2) is 9.29. The molecule has 2 aliphatic heterocycles. The van der Waals surface area contributed by atoms with Crippen LogP contribution in [0.5, 0.6) is 5.75 Å². The molecule has 4 rings (SSSR count). The number of hydrogen-bond acceptors (Lipinski definition) is 4. The fourth-order valence-electron chi connectivity index (χ4n) is 4.98. The lowest BCUT2D eigenvalue weighted by atomic mass is 9.83. The second-order valence-corrected chi connectivity index (χ2v) is 8.67. The van der Waals surface area contributed by atoms with Gasteiger partial charge in [0.1, 0.15) is 5.75 Å². The first-order valence-electron chi connectivity index (χ1n) is 11.1. The quantitative estimate of drug-likeness (QED) is 0.778. The highest BCUT2D eigenvalue weighted by Crippen LogP contribution is 2.40. The average Bonchev–Trinajstić information content (AvgIpc) is 2.77. The van der Waals surface area contributed by atoms with Gasteiger partial charge in [0.25, 0.3) is 0 Å². The van der Waals surface area contributed by atoms with Gasteiger partial charge >= 0.3 is 0 Å². The maximum Gasteiger partial charge on any atom is 0.122 e. The summed E-state index contributed by atoms with van der Waals surface area (Å²) in [6.45, 7) is 5.87. The molecule has 0 saturated carbocycles. The van der Waals surface area contributed by atoms with Crippen LogP contribution in [0.1, 0.15) is 47.6 Å². The molecule has 156 valence electrons. The van der Waals surface area contributed by atoms with Gasteiger partial charge in [0.2, 0.25) is 0 Å². The first-order valence-corrected chi connectivity index (χ1v) is 11.1. The molecule has 2 aromatic carbocycles. The molecule has 1 saturated heterocycles. The number of rotatable bonds is 6. The molecule has 0 amide bonds. The van der Waals surface area contributed by atoms with Crippen LogP contribution in [0.3, 0.4) is 0 Å². The second-order valence-electron chi connectivity index (χ2n) is 8.67. The van der Waals surface area contributed by atoms with Crippen LogP contribution < -0.4 is 5.73 Å². The number of ether oxygens (including phenoxy) is 1. The minimum absolute atomic E-state index is 0.0980. The van der Waals surface area contributed by atoms with Gasteiger partial charge in [-0.15, -0.1) is 0 Å². The zero-order chi connectivity index (χ0) is 20.2. The Hall–Kier alpha value is -1.88. The topological polar surface area (TPSA) is 58.7 Å². The zero-order valence-electron chi connectivity index (χ0n) is 17.5. The Morgan fingerprint density at radius 2 is 1.86 bits per heavy atom. The van der Waals surface area contributed by atoms with Crippen LogP contribution in [0, 0.1) is 12.8 Å². The number of aromatic hydroxyl groups is 1. The molecule has 0 spiro atoms. The van der Waals surface area contributed by atoms with Gasteiger partial charge in [-0.2, -0.15) is 0 Å². The Morgan fingerprint density at radius 1 is 1.10 bits per heavy atom. The summed E-state index contributed by atoms with van der Waals surface area (Å²) in [5, 5.41) is 10.6. The number of likely N-dealkylation sites (tertiary alicyclic amines) is 1. The van der Waals surface area contributed by atoms with Crippen LogP contribution in [0.2, 0.25) is 0 Å². The molecule has 3 N–H and O–H groups in total. The summed E-state index contributed by atoms with van der Waals surface area (Å²) in [6.07, 6.45) is 5.56. The lowest BCUT2D eigenvalue weighted by Gasteiger charge is -2.40. The van der Waals surface area contributed by atoms with Crippen LogP contribution in [-0.2, 0) is 17.6 Å². The monoisotopic (exact) mass is 394 g/mol. The maximum atomic E-state index is 10.6. The van der Waals surface area contributed by atoms with Crippen molar-refractivity contribution in [1.29, 1.82) is 0 Å². The molecule has 2 heterocycles. The molecule has 0 bridgehead atoms. The number of nitrogens with two attached hydrogens (primary N) is 1. The third-order valence-electron chi connectivity index (χ3n) is 6.77. The lowest BCUT2D eigenvalue weighted by molar-refractivity contribution is -0.0647. The van der Waals surface area contributed by atoms with E-state index in [1.54, 1.807) is 0 Å². The number of phenolic OH excluding ortho intramolecular Hbond substituents is 1. The fourth-order valence-corrected chi connectivity index (χ4v) is 4.98. The Morgan fingerprint density at radius 3 is 2.59 bits per heavy atom. The Balaban J connectivity index is 1.31. The number of hydrogen-bond donors (Lipinski definition) is 2. The van der Waals surface area contributed by atoms with Crippen molar-refractivity contribution in [2.45, 2.75) is 51.2 Å². The summed E-state index contributed by atoms with van der Waals surface area (Å²) in [5.41, 5.74) is 10.5. The summed E-state index contributed by atoms with van der Waals surface area (Å²) < 4.78 is 6.42. The third kappa shape index (κ3) is 4.66. The summed E-state index contributed by atoms with van der Waals surface area (Å²) >= 11 is 0. The summed E-state index contributed by atoms with van der Waals surface area (Å²) in [4.78, 5) is 2.60. The van der Waals surface area contributed by atoms with E-state index in [4.69, 9.17) is 10.5 Å². The highest BCUT2D eigenvalue weighted by molar-refractivity contribution is 5.47. The van der Waals surface area contributed by atoms with Crippen molar-refractivity contribution >= 4 is 0 Å². The minimum atomic E-state index is -0.0980. The molecule has 4 heteroatoms. The van der Waals surface area contributed by atoms with E-state index in [-0.39, 0.29) is 12.2 Å². The van der Waals surface area contributed by atoms with Gasteiger partial charge in [0, 0.05) is 18.5 Å². The number of benzene rings is 2. The molecule has 2 aromatic rings. The number of nitrogens with zero attached hydrogens (tertiary/aromatic N) is 1. The molecule has 29 heavy (non-hydrogen) atoms. The summed E-state index contributed by atoms with van der Waals surface area (Å²) in [5.74, 6) is 0.982. The molecule has 2 atom stereocenters.